The third-order valence-electron chi connectivity index (χ3n) is 4.33. The highest BCUT2D eigenvalue weighted by Gasteiger charge is 2.23. The van der Waals surface area contributed by atoms with Crippen LogP contribution in [0.3, 0.4) is 0 Å². The van der Waals surface area contributed by atoms with E-state index in [0.717, 1.165) is 16.9 Å². The molecule has 2 aromatic rings. The molecule has 2 aromatic carbocycles. The number of hydrogen-bond donors (Lipinski definition) is 0. The molecule has 0 aromatic heterocycles. The van der Waals surface area contributed by atoms with E-state index in [2.05, 4.69) is 0 Å². The van der Waals surface area contributed by atoms with Crippen molar-refractivity contribution in [3.05, 3.63) is 59.2 Å². The normalized spacial score (nSPS) is 11.3. The van der Waals surface area contributed by atoms with Gasteiger partial charge >= 0.3 is 5.97 Å². The molecular formula is C24H28O6. The van der Waals surface area contributed by atoms with Gasteiger partial charge in [0.25, 0.3) is 0 Å². The third-order valence-corrected chi connectivity index (χ3v) is 4.33. The van der Waals surface area contributed by atoms with Gasteiger partial charge in [0.15, 0.2) is 5.78 Å². The molecule has 0 N–H and O–H groups in total. The zero-order valence-corrected chi connectivity index (χ0v) is 18.3. The minimum atomic E-state index is -0.586. The molecule has 6 nitrogen and oxygen atoms in total. The fourth-order valence-electron chi connectivity index (χ4n) is 2.56. The summed E-state index contributed by atoms with van der Waals surface area (Å²) >= 11 is 0. The van der Waals surface area contributed by atoms with E-state index in [4.69, 9.17) is 18.9 Å². The average Bonchev–Trinajstić information content (AvgIpc) is 2.71. The lowest BCUT2D eigenvalue weighted by Crippen LogP contribution is -2.24. The van der Waals surface area contributed by atoms with Crippen LogP contribution in [0.5, 0.6) is 17.2 Å². The number of ether oxygens (including phenoxy) is 4. The second-order valence-electron chi connectivity index (χ2n) is 7.73. The van der Waals surface area contributed by atoms with Crippen molar-refractivity contribution in [1.29, 1.82) is 0 Å². The van der Waals surface area contributed by atoms with Crippen LogP contribution in [0.1, 0.15) is 42.3 Å². The summed E-state index contributed by atoms with van der Waals surface area (Å²) < 4.78 is 21.1. The Hall–Kier alpha value is -3.28. The average molecular weight is 412 g/mol. The highest BCUT2D eigenvalue weighted by Crippen LogP contribution is 2.29. The van der Waals surface area contributed by atoms with Crippen molar-refractivity contribution >= 4 is 17.8 Å². The maximum Gasteiger partial charge on any atom is 0.314 e. The Labute approximate surface area is 177 Å². The summed E-state index contributed by atoms with van der Waals surface area (Å²) in [5.74, 6) is 1.35. The van der Waals surface area contributed by atoms with Crippen LogP contribution >= 0.6 is 0 Å². The fourth-order valence-corrected chi connectivity index (χ4v) is 2.56. The van der Waals surface area contributed by atoms with Crippen molar-refractivity contribution < 1.29 is 28.5 Å². The van der Waals surface area contributed by atoms with Crippen LogP contribution in [0, 0.1) is 12.3 Å². The van der Waals surface area contributed by atoms with E-state index in [1.54, 1.807) is 71.4 Å². The molecule has 2 rings (SSSR count). The van der Waals surface area contributed by atoms with E-state index in [-0.39, 0.29) is 18.5 Å². The molecule has 0 aliphatic rings. The summed E-state index contributed by atoms with van der Waals surface area (Å²) in [6.45, 7) is 7.05. The number of ketones is 1. The molecule has 0 bridgehead atoms. The lowest BCUT2D eigenvalue weighted by molar-refractivity contribution is -0.159. The van der Waals surface area contributed by atoms with Gasteiger partial charge in [-0.25, -0.2) is 0 Å². The van der Waals surface area contributed by atoms with Crippen LogP contribution in [-0.4, -0.2) is 32.8 Å². The molecule has 0 spiro atoms. The topological polar surface area (TPSA) is 71.1 Å². The number of allylic oxidation sites excluding steroid dienone is 1. The predicted octanol–water partition coefficient (Wildman–Crippen LogP) is 4.83. The number of hydrogen-bond acceptors (Lipinski definition) is 6. The standard InChI is InChI=1S/C24H28O6/c1-16-13-18(22(28-6)14-21(16)27-5)9-12-20(25)17-7-10-19(11-8-17)29-15-30-23(26)24(2,3)4/h7-14H,15H2,1-6H3. The van der Waals surface area contributed by atoms with E-state index in [9.17, 15) is 9.59 Å². The van der Waals surface area contributed by atoms with Crippen molar-refractivity contribution in [2.75, 3.05) is 21.0 Å². The van der Waals surface area contributed by atoms with Gasteiger partial charge in [-0.2, -0.15) is 0 Å². The monoisotopic (exact) mass is 412 g/mol. The summed E-state index contributed by atoms with van der Waals surface area (Å²) in [7, 11) is 3.17. The molecule has 0 heterocycles. The van der Waals surface area contributed by atoms with Gasteiger partial charge in [0.1, 0.15) is 17.2 Å². The van der Waals surface area contributed by atoms with Gasteiger partial charge in [-0.15, -0.1) is 0 Å². The third kappa shape index (κ3) is 6.11. The van der Waals surface area contributed by atoms with E-state index in [1.165, 1.54) is 6.08 Å². The molecule has 0 saturated carbocycles. The molecule has 0 radical (unpaired) electrons. The highest BCUT2D eigenvalue weighted by atomic mass is 16.7. The van der Waals surface area contributed by atoms with Crippen molar-refractivity contribution in [3.8, 4) is 17.2 Å². The van der Waals surface area contributed by atoms with Gasteiger partial charge in [-0.1, -0.05) is 0 Å². The minimum Gasteiger partial charge on any atom is -0.496 e. The van der Waals surface area contributed by atoms with E-state index in [1.807, 2.05) is 13.0 Å². The Morgan fingerprint density at radius 3 is 2.17 bits per heavy atom. The molecule has 0 aliphatic carbocycles. The Morgan fingerprint density at radius 1 is 0.967 bits per heavy atom. The van der Waals surface area contributed by atoms with Crippen molar-refractivity contribution in [2.24, 2.45) is 5.41 Å². The molecule has 30 heavy (non-hydrogen) atoms. The summed E-state index contributed by atoms with van der Waals surface area (Å²) in [5, 5.41) is 0. The van der Waals surface area contributed by atoms with Gasteiger partial charge in [0.2, 0.25) is 6.79 Å². The van der Waals surface area contributed by atoms with E-state index >= 15 is 0 Å². The maximum absolute atomic E-state index is 12.5. The summed E-state index contributed by atoms with van der Waals surface area (Å²) in [6, 6.07) is 10.3. The quantitative estimate of drug-likeness (QED) is 0.268. The summed E-state index contributed by atoms with van der Waals surface area (Å²) in [5.41, 5.74) is 1.65. The van der Waals surface area contributed by atoms with Crippen molar-refractivity contribution in [1.82, 2.24) is 0 Å². The maximum atomic E-state index is 12.5. The number of benzene rings is 2. The Balaban J connectivity index is 2.01. The van der Waals surface area contributed by atoms with Gasteiger partial charge < -0.3 is 18.9 Å². The number of carbonyl (C=O) groups is 2. The van der Waals surface area contributed by atoms with Gasteiger partial charge in [-0.3, -0.25) is 9.59 Å². The van der Waals surface area contributed by atoms with Crippen molar-refractivity contribution in [2.45, 2.75) is 27.7 Å². The number of carbonyl (C=O) groups excluding carboxylic acids is 2. The number of esters is 1. The first-order valence-electron chi connectivity index (χ1n) is 9.51. The molecule has 0 unspecified atom stereocenters. The second-order valence-corrected chi connectivity index (χ2v) is 7.73. The second kappa shape index (κ2) is 9.96. The molecule has 0 fully saturated rings. The molecular weight excluding hydrogens is 384 g/mol. The Bertz CT molecular complexity index is 920. The molecule has 0 atom stereocenters. The van der Waals surface area contributed by atoms with Crippen LogP contribution in [-0.2, 0) is 9.53 Å². The summed E-state index contributed by atoms with van der Waals surface area (Å²) in [6.07, 6.45) is 3.20. The van der Waals surface area contributed by atoms with Crippen molar-refractivity contribution in [3.63, 3.8) is 0 Å². The van der Waals surface area contributed by atoms with Crippen LogP contribution < -0.4 is 14.2 Å². The number of rotatable bonds is 8. The molecule has 160 valence electrons. The first-order valence-corrected chi connectivity index (χ1v) is 9.51. The lowest BCUT2D eigenvalue weighted by Gasteiger charge is -2.16. The smallest absolute Gasteiger partial charge is 0.314 e. The molecule has 0 saturated heterocycles. The number of aryl methyl sites for hydroxylation is 1. The van der Waals surface area contributed by atoms with Gasteiger partial charge in [-0.05, 0) is 75.7 Å². The first-order chi connectivity index (χ1) is 14.2. The van der Waals surface area contributed by atoms with Crippen LogP contribution in [0.25, 0.3) is 6.08 Å². The Morgan fingerprint density at radius 2 is 1.60 bits per heavy atom. The van der Waals surface area contributed by atoms with E-state index in [0.29, 0.717) is 17.1 Å². The van der Waals surface area contributed by atoms with Crippen LogP contribution in [0.4, 0.5) is 0 Å². The molecule has 0 amide bonds. The zero-order chi connectivity index (χ0) is 22.3. The first kappa shape index (κ1) is 23.0. The lowest BCUT2D eigenvalue weighted by atomic mass is 9.98. The Kier molecular flexibility index (Phi) is 7.64. The highest BCUT2D eigenvalue weighted by molar-refractivity contribution is 6.07. The van der Waals surface area contributed by atoms with E-state index < -0.39 is 5.41 Å². The van der Waals surface area contributed by atoms with Crippen LogP contribution in [0.2, 0.25) is 0 Å². The van der Waals surface area contributed by atoms with Gasteiger partial charge in [0.05, 0.1) is 19.6 Å². The molecule has 0 aliphatic heterocycles. The zero-order valence-electron chi connectivity index (χ0n) is 18.3. The summed E-state index contributed by atoms with van der Waals surface area (Å²) in [4.78, 5) is 24.2. The largest absolute Gasteiger partial charge is 0.496 e. The molecule has 6 heteroatoms. The SMILES string of the molecule is COc1cc(OC)c(C=CC(=O)c2ccc(OCOC(=O)C(C)(C)C)cc2)cc1C. The van der Waals surface area contributed by atoms with Gasteiger partial charge in [0, 0.05) is 17.2 Å². The minimum absolute atomic E-state index is 0.156. The number of methoxy groups -OCH3 is 2. The predicted molar refractivity (Wildman–Crippen MR) is 115 cm³/mol. The fraction of sp³-hybridized carbons (Fsp3) is 0.333. The van der Waals surface area contributed by atoms with Crippen LogP contribution in [0.15, 0.2) is 42.5 Å².